The Morgan fingerprint density at radius 3 is 1.36 bits per heavy atom. The molecule has 0 bridgehead atoms. The van der Waals surface area contributed by atoms with Crippen LogP contribution in [0.25, 0.3) is 0 Å². The molecule has 194 valence electrons. The summed E-state index contributed by atoms with van der Waals surface area (Å²) in [5.74, 6) is -2.65. The van der Waals surface area contributed by atoms with Crippen molar-refractivity contribution < 1.29 is 55.1 Å². The van der Waals surface area contributed by atoms with Gasteiger partial charge in [0.1, 0.15) is 23.7 Å². The molecular weight excluding hydrogens is 502 g/mol. The van der Waals surface area contributed by atoms with Gasteiger partial charge in [-0.1, -0.05) is 12.1 Å². The highest BCUT2D eigenvalue weighted by molar-refractivity contribution is 6.29. The van der Waals surface area contributed by atoms with Gasteiger partial charge in [-0.25, -0.2) is 9.59 Å². The average Bonchev–Trinajstić information content (AvgIpc) is 2.75. The normalized spacial score (nSPS) is 17.6. The van der Waals surface area contributed by atoms with E-state index >= 15 is 0 Å². The summed E-state index contributed by atoms with van der Waals surface area (Å²) < 4.78 is 87.4. The molecule has 2 aromatic rings. The van der Waals surface area contributed by atoms with Crippen LogP contribution in [0, 0.1) is 0 Å². The zero-order chi connectivity index (χ0) is 26.1. The van der Waals surface area contributed by atoms with Gasteiger partial charge in [-0.05, 0) is 36.4 Å². The van der Waals surface area contributed by atoms with Crippen LogP contribution in [0.4, 0.5) is 26.3 Å². The third kappa shape index (κ3) is 6.37. The Labute approximate surface area is 199 Å². The highest BCUT2D eigenvalue weighted by Gasteiger charge is 2.38. The number of ether oxygens (including phenoxy) is 2. The predicted molar refractivity (Wildman–Crippen MR) is 107 cm³/mol. The first kappa shape index (κ1) is 25.6. The van der Waals surface area contributed by atoms with Gasteiger partial charge in [-0.2, -0.15) is 26.3 Å². The van der Waals surface area contributed by atoms with Gasteiger partial charge >= 0.3 is 24.3 Å². The fourth-order valence-corrected chi connectivity index (χ4v) is 3.29. The van der Waals surface area contributed by atoms with E-state index < -0.39 is 47.6 Å². The largest absolute Gasteiger partial charge is 0.487 e. The van der Waals surface area contributed by atoms with Crippen molar-refractivity contribution in [2.45, 2.75) is 24.6 Å². The lowest BCUT2D eigenvalue weighted by molar-refractivity contribution is -0.250. The first-order valence-corrected chi connectivity index (χ1v) is 10.5. The van der Waals surface area contributed by atoms with Gasteiger partial charge in [0, 0.05) is 0 Å². The summed E-state index contributed by atoms with van der Waals surface area (Å²) in [6.07, 6.45) is -10.1. The number of benzene rings is 2. The molecule has 0 radical (unpaired) electrons. The van der Waals surface area contributed by atoms with Gasteiger partial charge in [0.15, 0.2) is 0 Å². The molecule has 0 atom stereocenters. The zero-order valence-corrected chi connectivity index (χ0v) is 18.2. The van der Waals surface area contributed by atoms with Crippen molar-refractivity contribution in [2.75, 3.05) is 26.2 Å². The van der Waals surface area contributed by atoms with Gasteiger partial charge in [0.05, 0.1) is 37.3 Å². The Bertz CT molecular complexity index is 1030. The fourth-order valence-electron chi connectivity index (χ4n) is 3.29. The Balaban J connectivity index is 1.15. The minimum Gasteiger partial charge on any atom is -0.487 e. The topological polar surface area (TPSA) is 77.5 Å². The van der Waals surface area contributed by atoms with E-state index in [9.17, 15) is 35.9 Å². The van der Waals surface area contributed by atoms with Crippen molar-refractivity contribution in [1.82, 2.24) is 10.1 Å². The molecule has 4 rings (SSSR count). The SMILES string of the molecule is O=C(ON1CC(Oc2cccc(C(F)(F)F)c2)C1)C(=O)ON1CC(Oc2cccc(C(F)(F)F)c2)C1. The molecular formula is C22H18F6N2O6. The maximum Gasteiger partial charge on any atom is 0.438 e. The monoisotopic (exact) mass is 520 g/mol. The molecule has 2 fully saturated rings. The first-order chi connectivity index (χ1) is 16.9. The molecule has 14 heteroatoms. The summed E-state index contributed by atoms with van der Waals surface area (Å²) in [6.45, 7) is 0.0789. The number of rotatable bonds is 6. The molecule has 2 aliphatic rings. The van der Waals surface area contributed by atoms with E-state index in [1.54, 1.807) is 0 Å². The van der Waals surface area contributed by atoms with Gasteiger partial charge in [0.25, 0.3) is 0 Å². The molecule has 8 nitrogen and oxygen atoms in total. The Kier molecular flexibility index (Phi) is 7.00. The van der Waals surface area contributed by atoms with Gasteiger partial charge < -0.3 is 19.1 Å². The third-order valence-electron chi connectivity index (χ3n) is 5.15. The second-order valence-electron chi connectivity index (χ2n) is 7.98. The number of hydrogen-bond donors (Lipinski definition) is 0. The maximum atomic E-state index is 12.8. The van der Waals surface area contributed by atoms with Crippen molar-refractivity contribution in [1.29, 1.82) is 0 Å². The van der Waals surface area contributed by atoms with Crippen molar-refractivity contribution >= 4 is 11.9 Å². The molecule has 36 heavy (non-hydrogen) atoms. The van der Waals surface area contributed by atoms with Crippen LogP contribution in [-0.4, -0.2) is 60.5 Å². The van der Waals surface area contributed by atoms with E-state index in [4.69, 9.17) is 19.1 Å². The molecule has 0 spiro atoms. The first-order valence-electron chi connectivity index (χ1n) is 10.5. The molecule has 0 aromatic heterocycles. The van der Waals surface area contributed by atoms with Crippen LogP contribution in [0.5, 0.6) is 11.5 Å². The van der Waals surface area contributed by atoms with Crippen LogP contribution in [0.1, 0.15) is 11.1 Å². The van der Waals surface area contributed by atoms with Gasteiger partial charge in [-0.3, -0.25) is 0 Å². The van der Waals surface area contributed by atoms with Gasteiger partial charge in [0.2, 0.25) is 0 Å². The Hall–Kier alpha value is -3.52. The lowest BCUT2D eigenvalue weighted by atomic mass is 10.2. The van der Waals surface area contributed by atoms with E-state index in [1.165, 1.54) is 24.3 Å². The summed E-state index contributed by atoms with van der Waals surface area (Å²) in [7, 11) is 0. The van der Waals surface area contributed by atoms with E-state index in [0.717, 1.165) is 34.4 Å². The lowest BCUT2D eigenvalue weighted by Gasteiger charge is -2.38. The molecule has 0 unspecified atom stereocenters. The average molecular weight is 520 g/mol. The summed E-state index contributed by atoms with van der Waals surface area (Å²) in [4.78, 5) is 33.4. The number of halogens is 6. The van der Waals surface area contributed by atoms with Crippen molar-refractivity contribution in [3.05, 3.63) is 59.7 Å². The summed E-state index contributed by atoms with van der Waals surface area (Å²) in [6, 6.07) is 8.64. The summed E-state index contributed by atoms with van der Waals surface area (Å²) in [5.41, 5.74) is -1.72. The molecule has 0 saturated carbocycles. The summed E-state index contributed by atoms with van der Waals surface area (Å²) in [5, 5.41) is 2.16. The second-order valence-corrected chi connectivity index (χ2v) is 7.98. The number of alkyl halides is 6. The highest BCUT2D eigenvalue weighted by Crippen LogP contribution is 2.33. The van der Waals surface area contributed by atoms with Crippen LogP contribution in [-0.2, 0) is 31.6 Å². The van der Waals surface area contributed by atoms with Crippen LogP contribution >= 0.6 is 0 Å². The molecule has 2 saturated heterocycles. The quantitative estimate of drug-likeness (QED) is 0.424. The Morgan fingerprint density at radius 1 is 0.667 bits per heavy atom. The smallest absolute Gasteiger partial charge is 0.438 e. The highest BCUT2D eigenvalue weighted by atomic mass is 19.4. The van der Waals surface area contributed by atoms with Crippen LogP contribution in [0.2, 0.25) is 0 Å². The predicted octanol–water partition coefficient (Wildman–Crippen LogP) is 3.47. The number of carbonyl (C=O) groups is 2. The van der Waals surface area contributed by atoms with Gasteiger partial charge in [-0.15, -0.1) is 10.1 Å². The third-order valence-corrected chi connectivity index (χ3v) is 5.15. The summed E-state index contributed by atoms with van der Waals surface area (Å²) >= 11 is 0. The van der Waals surface area contributed by atoms with E-state index in [0.29, 0.717) is 0 Å². The number of hydrogen-bond acceptors (Lipinski definition) is 8. The van der Waals surface area contributed by atoms with E-state index in [-0.39, 0.29) is 37.7 Å². The lowest BCUT2D eigenvalue weighted by Crippen LogP contribution is -2.56. The molecule has 2 aromatic carbocycles. The molecule has 0 N–H and O–H groups in total. The van der Waals surface area contributed by atoms with E-state index in [1.807, 2.05) is 0 Å². The van der Waals surface area contributed by atoms with Crippen molar-refractivity contribution in [3.63, 3.8) is 0 Å². The number of carbonyl (C=O) groups excluding carboxylic acids is 2. The molecule has 2 heterocycles. The Morgan fingerprint density at radius 2 is 1.03 bits per heavy atom. The standard InChI is InChI=1S/C22H18F6N2O6/c23-21(24,25)13-3-1-5-15(7-13)33-17-9-29(10-17)35-19(31)20(32)36-30-11-18(12-30)34-16-6-2-4-14(8-16)22(26,27)28/h1-8,17-18H,9-12H2. The van der Waals surface area contributed by atoms with Crippen molar-refractivity contribution in [2.24, 2.45) is 0 Å². The fraction of sp³-hybridized carbons (Fsp3) is 0.364. The minimum atomic E-state index is -4.51. The molecule has 2 aliphatic heterocycles. The van der Waals surface area contributed by atoms with Crippen molar-refractivity contribution in [3.8, 4) is 11.5 Å². The van der Waals surface area contributed by atoms with Crippen LogP contribution in [0.3, 0.4) is 0 Å². The number of hydroxylamine groups is 4. The second kappa shape index (κ2) is 9.85. The minimum absolute atomic E-state index is 0.0000921. The molecule has 0 amide bonds. The van der Waals surface area contributed by atoms with Crippen LogP contribution in [0.15, 0.2) is 48.5 Å². The van der Waals surface area contributed by atoms with Crippen LogP contribution < -0.4 is 9.47 Å². The maximum absolute atomic E-state index is 12.8. The number of nitrogens with zero attached hydrogens (tertiary/aromatic N) is 2. The van der Waals surface area contributed by atoms with E-state index in [2.05, 4.69) is 0 Å². The zero-order valence-electron chi connectivity index (χ0n) is 18.2. The molecule has 0 aliphatic carbocycles.